The van der Waals surface area contributed by atoms with Crippen molar-refractivity contribution in [2.45, 2.75) is 32.7 Å². The van der Waals surface area contributed by atoms with Crippen LogP contribution in [0, 0.1) is 6.92 Å². The average molecular weight is 290 g/mol. The first-order valence-electron chi connectivity index (χ1n) is 6.77. The van der Waals surface area contributed by atoms with Gasteiger partial charge in [-0.25, -0.2) is 4.98 Å². The normalized spacial score (nSPS) is 13.9. The lowest BCUT2D eigenvalue weighted by atomic mass is 10.1. The predicted octanol–water partition coefficient (Wildman–Crippen LogP) is 3.43. The van der Waals surface area contributed by atoms with Crippen molar-refractivity contribution in [3.8, 4) is 0 Å². The Labute approximate surface area is 122 Å². The van der Waals surface area contributed by atoms with E-state index in [0.29, 0.717) is 10.6 Å². The Balaban J connectivity index is 1.84. The van der Waals surface area contributed by atoms with Crippen LogP contribution < -0.4 is 5.32 Å². The molecule has 1 aliphatic rings. The van der Waals surface area contributed by atoms with Crippen LogP contribution in [0.1, 0.15) is 34.6 Å². The van der Waals surface area contributed by atoms with Gasteiger partial charge in [-0.2, -0.15) is 0 Å². The summed E-state index contributed by atoms with van der Waals surface area (Å²) in [6.07, 6.45) is 5.02. The van der Waals surface area contributed by atoms with Crippen LogP contribution in [0.25, 0.3) is 0 Å². The number of halogens is 1. The molecule has 0 radical (unpaired) electrons. The SMILES string of the molecule is Cc1cc(Cl)ccc1C(=O)Nc1cnc2n1CCCC2. The molecule has 1 aromatic heterocycles. The van der Waals surface area contributed by atoms with Crippen LogP contribution in [0.2, 0.25) is 5.02 Å². The average Bonchev–Trinajstić information content (AvgIpc) is 2.82. The number of aryl methyl sites for hydroxylation is 2. The first-order chi connectivity index (χ1) is 9.65. The van der Waals surface area contributed by atoms with Crippen molar-refractivity contribution in [2.75, 3.05) is 5.32 Å². The second-order valence-electron chi connectivity index (χ2n) is 5.08. The number of anilines is 1. The van der Waals surface area contributed by atoms with Crippen molar-refractivity contribution >= 4 is 23.3 Å². The predicted molar refractivity (Wildman–Crippen MR) is 79.3 cm³/mol. The molecule has 104 valence electrons. The van der Waals surface area contributed by atoms with E-state index in [1.54, 1.807) is 24.4 Å². The maximum Gasteiger partial charge on any atom is 0.257 e. The molecule has 0 aliphatic carbocycles. The highest BCUT2D eigenvalue weighted by Gasteiger charge is 2.17. The van der Waals surface area contributed by atoms with Crippen molar-refractivity contribution in [1.29, 1.82) is 0 Å². The maximum absolute atomic E-state index is 12.3. The number of carbonyl (C=O) groups excluding carboxylic acids is 1. The summed E-state index contributed by atoms with van der Waals surface area (Å²) in [5.41, 5.74) is 1.51. The fourth-order valence-electron chi connectivity index (χ4n) is 2.58. The Morgan fingerprint density at radius 3 is 3.05 bits per heavy atom. The molecule has 0 atom stereocenters. The first kappa shape index (κ1) is 13.2. The molecule has 0 saturated heterocycles. The lowest BCUT2D eigenvalue weighted by Crippen LogP contribution is -2.18. The smallest absolute Gasteiger partial charge is 0.257 e. The Hall–Kier alpha value is -1.81. The second-order valence-corrected chi connectivity index (χ2v) is 5.52. The number of benzene rings is 1. The summed E-state index contributed by atoms with van der Waals surface area (Å²) in [5, 5.41) is 3.58. The number of nitrogens with zero attached hydrogens (tertiary/aromatic N) is 2. The molecule has 1 N–H and O–H groups in total. The number of hydrogen-bond acceptors (Lipinski definition) is 2. The van der Waals surface area contributed by atoms with Gasteiger partial charge >= 0.3 is 0 Å². The summed E-state index contributed by atoms with van der Waals surface area (Å²) < 4.78 is 2.09. The molecule has 0 unspecified atom stereocenters. The highest BCUT2D eigenvalue weighted by atomic mass is 35.5. The summed E-state index contributed by atoms with van der Waals surface area (Å²) in [5.74, 6) is 1.71. The summed E-state index contributed by atoms with van der Waals surface area (Å²) in [6.45, 7) is 2.80. The molecule has 0 saturated carbocycles. The fraction of sp³-hybridized carbons (Fsp3) is 0.333. The van der Waals surface area contributed by atoms with Gasteiger partial charge in [-0.3, -0.25) is 4.79 Å². The molecule has 4 nitrogen and oxygen atoms in total. The molecule has 0 bridgehead atoms. The molecule has 0 fully saturated rings. The number of hydrogen-bond donors (Lipinski definition) is 1. The first-order valence-corrected chi connectivity index (χ1v) is 7.15. The van der Waals surface area contributed by atoms with Gasteiger partial charge in [-0.05, 0) is 43.5 Å². The van der Waals surface area contributed by atoms with E-state index < -0.39 is 0 Å². The molecule has 1 aliphatic heterocycles. The third-order valence-corrected chi connectivity index (χ3v) is 3.88. The molecule has 0 spiro atoms. The van der Waals surface area contributed by atoms with Gasteiger partial charge < -0.3 is 9.88 Å². The van der Waals surface area contributed by atoms with Gasteiger partial charge in [0, 0.05) is 23.6 Å². The largest absolute Gasteiger partial charge is 0.315 e. The molecular weight excluding hydrogens is 274 g/mol. The number of nitrogens with one attached hydrogen (secondary N) is 1. The fourth-order valence-corrected chi connectivity index (χ4v) is 2.81. The lowest BCUT2D eigenvalue weighted by Gasteiger charge is -2.16. The van der Waals surface area contributed by atoms with Crippen molar-refractivity contribution in [1.82, 2.24) is 9.55 Å². The van der Waals surface area contributed by atoms with Gasteiger partial charge in [0.2, 0.25) is 0 Å². The van der Waals surface area contributed by atoms with Crippen molar-refractivity contribution in [2.24, 2.45) is 0 Å². The number of rotatable bonds is 2. The van der Waals surface area contributed by atoms with E-state index in [2.05, 4.69) is 14.9 Å². The number of carbonyl (C=O) groups is 1. The summed E-state index contributed by atoms with van der Waals surface area (Å²) >= 11 is 5.91. The maximum atomic E-state index is 12.3. The summed E-state index contributed by atoms with van der Waals surface area (Å²) in [7, 11) is 0. The van der Waals surface area contributed by atoms with E-state index in [9.17, 15) is 4.79 Å². The van der Waals surface area contributed by atoms with Crippen LogP contribution in [0.4, 0.5) is 5.82 Å². The van der Waals surface area contributed by atoms with Gasteiger partial charge in [0.15, 0.2) is 0 Å². The topological polar surface area (TPSA) is 46.9 Å². The molecule has 1 amide bonds. The molecule has 5 heteroatoms. The zero-order chi connectivity index (χ0) is 14.1. The van der Waals surface area contributed by atoms with E-state index in [0.717, 1.165) is 36.6 Å². The lowest BCUT2D eigenvalue weighted by molar-refractivity contribution is 0.102. The Morgan fingerprint density at radius 1 is 1.40 bits per heavy atom. The van der Waals surface area contributed by atoms with Gasteiger partial charge in [0.1, 0.15) is 11.6 Å². The van der Waals surface area contributed by atoms with Gasteiger partial charge in [-0.1, -0.05) is 11.6 Å². The van der Waals surface area contributed by atoms with Crippen LogP contribution in [0.15, 0.2) is 24.4 Å². The third kappa shape index (κ3) is 2.43. The van der Waals surface area contributed by atoms with E-state index in [-0.39, 0.29) is 5.91 Å². The Kier molecular flexibility index (Phi) is 3.49. The molecule has 1 aromatic carbocycles. The van der Waals surface area contributed by atoms with E-state index in [1.165, 1.54) is 6.42 Å². The Bertz CT molecular complexity index is 663. The molecule has 2 aromatic rings. The Morgan fingerprint density at radius 2 is 2.25 bits per heavy atom. The van der Waals surface area contributed by atoms with Crippen LogP contribution in [0.3, 0.4) is 0 Å². The minimum Gasteiger partial charge on any atom is -0.315 e. The van der Waals surface area contributed by atoms with Crippen molar-refractivity contribution < 1.29 is 4.79 Å². The van der Waals surface area contributed by atoms with E-state index in [1.807, 2.05) is 6.92 Å². The summed E-state index contributed by atoms with van der Waals surface area (Å²) in [6, 6.07) is 5.28. The molecule has 2 heterocycles. The monoisotopic (exact) mass is 289 g/mol. The van der Waals surface area contributed by atoms with Crippen LogP contribution >= 0.6 is 11.6 Å². The standard InChI is InChI=1S/C15H16ClN3O/c1-10-8-11(16)5-6-12(10)15(20)18-14-9-17-13-4-2-3-7-19(13)14/h5-6,8-9H,2-4,7H2,1H3,(H,18,20). The number of aromatic nitrogens is 2. The third-order valence-electron chi connectivity index (χ3n) is 3.65. The van der Waals surface area contributed by atoms with E-state index >= 15 is 0 Å². The van der Waals surface area contributed by atoms with Gasteiger partial charge in [-0.15, -0.1) is 0 Å². The van der Waals surface area contributed by atoms with Crippen LogP contribution in [-0.4, -0.2) is 15.5 Å². The molecular formula is C15H16ClN3O. The number of amides is 1. The van der Waals surface area contributed by atoms with Crippen LogP contribution in [0.5, 0.6) is 0 Å². The number of imidazole rings is 1. The highest BCUT2D eigenvalue weighted by molar-refractivity contribution is 6.30. The highest BCUT2D eigenvalue weighted by Crippen LogP contribution is 2.21. The minimum atomic E-state index is -0.118. The van der Waals surface area contributed by atoms with Gasteiger partial charge in [0.05, 0.1) is 6.20 Å². The van der Waals surface area contributed by atoms with Crippen molar-refractivity contribution in [3.05, 3.63) is 46.4 Å². The molecule has 20 heavy (non-hydrogen) atoms. The van der Waals surface area contributed by atoms with Gasteiger partial charge in [0.25, 0.3) is 5.91 Å². The van der Waals surface area contributed by atoms with Crippen LogP contribution in [-0.2, 0) is 13.0 Å². The van der Waals surface area contributed by atoms with Crippen molar-refractivity contribution in [3.63, 3.8) is 0 Å². The quantitative estimate of drug-likeness (QED) is 0.920. The molecule has 3 rings (SSSR count). The summed E-state index contributed by atoms with van der Waals surface area (Å²) in [4.78, 5) is 16.7. The van der Waals surface area contributed by atoms with E-state index in [4.69, 9.17) is 11.6 Å². The minimum absolute atomic E-state index is 0.118. The second kappa shape index (κ2) is 5.29. The zero-order valence-electron chi connectivity index (χ0n) is 11.3. The number of fused-ring (bicyclic) bond motifs is 1. The zero-order valence-corrected chi connectivity index (χ0v) is 12.1.